The fraction of sp³-hybridized carbons (Fsp3) is 0.393. The molecule has 0 aliphatic rings. The predicted molar refractivity (Wildman–Crippen MR) is 290 cm³/mol. The summed E-state index contributed by atoms with van der Waals surface area (Å²) in [5.41, 5.74) is 10.8. The molecule has 4 aromatic carbocycles. The molecule has 0 aliphatic carbocycles. The molecule has 16 nitrogen and oxygen atoms in total. The van der Waals surface area contributed by atoms with E-state index in [0.29, 0.717) is 23.9 Å². The normalized spacial score (nSPS) is 12.4. The summed E-state index contributed by atoms with van der Waals surface area (Å²) >= 11 is 0. The highest BCUT2D eigenvalue weighted by Gasteiger charge is 2.27. The van der Waals surface area contributed by atoms with Gasteiger partial charge in [-0.3, -0.25) is 19.3 Å². The molecule has 8 aromatic rings. The molecule has 0 aliphatic heterocycles. The van der Waals surface area contributed by atoms with Crippen molar-refractivity contribution in [3.63, 3.8) is 0 Å². The molecule has 2 unspecified atom stereocenters. The van der Waals surface area contributed by atoms with Gasteiger partial charge in [-0.2, -0.15) is 10.2 Å². The van der Waals surface area contributed by atoms with Crippen molar-refractivity contribution in [3.8, 4) is 45.5 Å². The van der Waals surface area contributed by atoms with Crippen molar-refractivity contribution in [2.24, 2.45) is 25.9 Å². The third-order valence-electron chi connectivity index (χ3n) is 12.5. The number of benzene rings is 4. The highest BCUT2D eigenvalue weighted by Crippen LogP contribution is 2.38. The topological polar surface area (TPSA) is 155 Å². The number of anilines is 4. The van der Waals surface area contributed by atoms with Gasteiger partial charge in [-0.05, 0) is 48.2 Å². The molecule has 0 fully saturated rings. The van der Waals surface area contributed by atoms with E-state index in [1.807, 2.05) is 62.9 Å². The number of ether oxygens (including phenoxy) is 4. The standard InChI is InChI=1S/2C28H36N6O2/c1-18(2)28(16-29-19(3)4)34(22-10-23(35-6)13-24(11-22)36-7)21-8-9-25-26(12-21)32-27(15-30-25)20-14-31-33(5)17-20;1-18(2)28(31-19(3)4)17-34(22-10-23(35-6)13-24(11-22)36-7)21-8-9-25-26(12-21)32-27(15-29-25)20-14-30-33(5)16-20/h8-15,17-19,28-29H,16H2,1-7H3;8-16,18-19,28,31H,17H2,1-7H3. The second-order valence-electron chi connectivity index (χ2n) is 19.3. The fourth-order valence-corrected chi connectivity index (χ4v) is 8.54. The van der Waals surface area contributed by atoms with Gasteiger partial charge in [0.25, 0.3) is 0 Å². The Morgan fingerprint density at radius 3 is 1.40 bits per heavy atom. The van der Waals surface area contributed by atoms with Crippen molar-refractivity contribution in [1.82, 2.24) is 50.1 Å². The maximum Gasteiger partial charge on any atom is 0.124 e. The molecule has 16 heteroatoms. The van der Waals surface area contributed by atoms with E-state index in [9.17, 15) is 0 Å². The van der Waals surface area contributed by atoms with Crippen LogP contribution < -0.4 is 39.4 Å². The van der Waals surface area contributed by atoms with Gasteiger partial charge < -0.3 is 39.4 Å². The van der Waals surface area contributed by atoms with Crippen LogP contribution in [0.15, 0.2) is 110 Å². The van der Waals surface area contributed by atoms with Gasteiger partial charge >= 0.3 is 0 Å². The molecular formula is C56H72N12O4. The fourth-order valence-electron chi connectivity index (χ4n) is 8.54. The summed E-state index contributed by atoms with van der Waals surface area (Å²) in [5.74, 6) is 3.76. The molecule has 4 heterocycles. The van der Waals surface area contributed by atoms with Crippen molar-refractivity contribution in [2.75, 3.05) is 51.3 Å². The monoisotopic (exact) mass is 977 g/mol. The maximum absolute atomic E-state index is 5.61. The molecule has 0 radical (unpaired) electrons. The second kappa shape index (κ2) is 23.7. The SMILES string of the molecule is COc1cc(OC)cc(N(CC(NC(C)C)C(C)C)c2ccc3ncc(-c4cnn(C)c4)nc3c2)c1.COc1cc(OC)cc(N(c2ccc3ncc(-c4cnn(C)c4)nc3c2)C(CNC(C)C)C(C)C)c1. The zero-order chi connectivity index (χ0) is 51.6. The Morgan fingerprint density at radius 1 is 0.514 bits per heavy atom. The maximum atomic E-state index is 5.61. The summed E-state index contributed by atoms with van der Waals surface area (Å²) in [6.45, 7) is 19.3. The van der Waals surface area contributed by atoms with Crippen molar-refractivity contribution >= 4 is 44.8 Å². The van der Waals surface area contributed by atoms with Gasteiger partial charge in [0.2, 0.25) is 0 Å². The van der Waals surface area contributed by atoms with Crippen LogP contribution in [0, 0.1) is 11.8 Å². The molecule has 0 saturated heterocycles. The van der Waals surface area contributed by atoms with E-state index in [1.54, 1.807) is 62.6 Å². The predicted octanol–water partition coefficient (Wildman–Crippen LogP) is 10.4. The van der Waals surface area contributed by atoms with Crippen LogP contribution in [0.1, 0.15) is 55.4 Å². The van der Waals surface area contributed by atoms with Gasteiger partial charge in [-0.1, -0.05) is 55.4 Å². The van der Waals surface area contributed by atoms with Crippen molar-refractivity contribution in [1.29, 1.82) is 0 Å². The number of fused-ring (bicyclic) bond motifs is 2. The van der Waals surface area contributed by atoms with Gasteiger partial charge in [0.15, 0.2) is 0 Å². The minimum Gasteiger partial charge on any atom is -0.497 e. The molecule has 0 bridgehead atoms. The summed E-state index contributed by atoms with van der Waals surface area (Å²) in [7, 11) is 10.5. The van der Waals surface area contributed by atoms with Gasteiger partial charge in [-0.15, -0.1) is 0 Å². The summed E-state index contributed by atoms with van der Waals surface area (Å²) in [4.78, 5) is 23.8. The minimum absolute atomic E-state index is 0.163. The number of aromatic nitrogens is 8. The van der Waals surface area contributed by atoms with Crippen LogP contribution in [0.5, 0.6) is 23.0 Å². The van der Waals surface area contributed by atoms with Crippen LogP contribution in [0.25, 0.3) is 44.6 Å². The van der Waals surface area contributed by atoms with E-state index < -0.39 is 0 Å². The molecule has 0 amide bonds. The number of hydrogen-bond acceptors (Lipinski definition) is 14. The Labute approximate surface area is 424 Å². The van der Waals surface area contributed by atoms with Crippen LogP contribution in [0.4, 0.5) is 22.7 Å². The van der Waals surface area contributed by atoms with Crippen LogP contribution in [0.2, 0.25) is 0 Å². The molecule has 2 atom stereocenters. The zero-order valence-corrected chi connectivity index (χ0v) is 44.4. The zero-order valence-electron chi connectivity index (χ0n) is 44.4. The third kappa shape index (κ3) is 13.0. The van der Waals surface area contributed by atoms with Crippen LogP contribution >= 0.6 is 0 Å². The van der Waals surface area contributed by atoms with Gasteiger partial charge in [0.1, 0.15) is 23.0 Å². The quantitative estimate of drug-likeness (QED) is 0.0744. The van der Waals surface area contributed by atoms with E-state index in [1.165, 1.54) is 0 Å². The molecule has 72 heavy (non-hydrogen) atoms. The molecular weight excluding hydrogens is 905 g/mol. The highest BCUT2D eigenvalue weighted by atomic mass is 16.5. The lowest BCUT2D eigenvalue weighted by Gasteiger charge is -2.37. The average molecular weight is 977 g/mol. The van der Waals surface area contributed by atoms with Crippen molar-refractivity contribution in [2.45, 2.75) is 79.6 Å². The Hall–Kier alpha value is -7.30. The molecule has 8 rings (SSSR count). The van der Waals surface area contributed by atoms with Gasteiger partial charge in [0.05, 0.1) is 86.7 Å². The number of aryl methyl sites for hydroxylation is 2. The number of nitrogens with zero attached hydrogens (tertiary/aromatic N) is 10. The molecule has 2 N–H and O–H groups in total. The van der Waals surface area contributed by atoms with E-state index in [2.05, 4.69) is 132 Å². The number of rotatable bonds is 20. The van der Waals surface area contributed by atoms with E-state index in [-0.39, 0.29) is 12.1 Å². The number of methoxy groups -OCH3 is 4. The lowest BCUT2D eigenvalue weighted by atomic mass is 9.99. The summed E-state index contributed by atoms with van der Waals surface area (Å²) < 4.78 is 25.9. The second-order valence-corrected chi connectivity index (χ2v) is 19.3. The summed E-state index contributed by atoms with van der Waals surface area (Å²) in [5, 5.41) is 15.9. The Balaban J connectivity index is 0.000000211. The first-order chi connectivity index (χ1) is 34.5. The highest BCUT2D eigenvalue weighted by molar-refractivity contribution is 5.84. The van der Waals surface area contributed by atoms with Gasteiger partial charge in [0, 0.05) is 134 Å². The summed E-state index contributed by atoms with van der Waals surface area (Å²) in [6, 6.07) is 25.6. The Morgan fingerprint density at radius 2 is 0.986 bits per heavy atom. The minimum atomic E-state index is 0.163. The smallest absolute Gasteiger partial charge is 0.124 e. The van der Waals surface area contributed by atoms with Crippen molar-refractivity contribution < 1.29 is 18.9 Å². The first kappa shape index (κ1) is 52.5. The van der Waals surface area contributed by atoms with Crippen LogP contribution in [-0.4, -0.2) is 105 Å². The molecule has 380 valence electrons. The lowest BCUT2D eigenvalue weighted by molar-refractivity contribution is 0.375. The van der Waals surface area contributed by atoms with Crippen molar-refractivity contribution in [3.05, 3.63) is 110 Å². The van der Waals surface area contributed by atoms with E-state index in [4.69, 9.17) is 28.9 Å². The van der Waals surface area contributed by atoms with Crippen LogP contribution in [-0.2, 0) is 14.1 Å². The van der Waals surface area contributed by atoms with E-state index in [0.717, 1.165) is 103 Å². The molecule has 0 saturated carbocycles. The number of nitrogens with one attached hydrogen (secondary N) is 2. The van der Waals surface area contributed by atoms with E-state index >= 15 is 0 Å². The first-order valence-corrected chi connectivity index (χ1v) is 24.6. The lowest BCUT2D eigenvalue weighted by Crippen LogP contribution is -2.45. The van der Waals surface area contributed by atoms with Gasteiger partial charge in [-0.25, -0.2) is 9.97 Å². The Kier molecular flexibility index (Phi) is 17.3. The Bertz CT molecular complexity index is 2990. The largest absolute Gasteiger partial charge is 0.497 e. The first-order valence-electron chi connectivity index (χ1n) is 24.6. The molecule has 4 aromatic heterocycles. The molecule has 0 spiro atoms. The van der Waals surface area contributed by atoms with Crippen LogP contribution in [0.3, 0.4) is 0 Å². The number of hydrogen-bond donors (Lipinski definition) is 2. The summed E-state index contributed by atoms with van der Waals surface area (Å²) in [6.07, 6.45) is 11.1. The average Bonchev–Trinajstić information content (AvgIpc) is 4.02. The third-order valence-corrected chi connectivity index (χ3v) is 12.5.